The Balaban J connectivity index is 1.77. The molecule has 6 heteroatoms. The van der Waals surface area contributed by atoms with Gasteiger partial charge in [-0.3, -0.25) is 14.6 Å². The summed E-state index contributed by atoms with van der Waals surface area (Å²) in [6, 6.07) is 5.51. The third-order valence-corrected chi connectivity index (χ3v) is 5.67. The molecule has 0 bridgehead atoms. The van der Waals surface area contributed by atoms with E-state index in [1.807, 2.05) is 12.1 Å². The molecule has 0 N–H and O–H groups in total. The van der Waals surface area contributed by atoms with E-state index >= 15 is 0 Å². The molecule has 1 aromatic carbocycles. The first-order valence-corrected chi connectivity index (χ1v) is 9.44. The van der Waals surface area contributed by atoms with Crippen LogP contribution in [0, 0.1) is 5.92 Å². The van der Waals surface area contributed by atoms with E-state index in [0.29, 0.717) is 18.1 Å². The first kappa shape index (κ1) is 17.3. The summed E-state index contributed by atoms with van der Waals surface area (Å²) in [5.74, 6) is -0.510. The third-order valence-electron chi connectivity index (χ3n) is 5.43. The number of pyridine rings is 1. The lowest BCUT2D eigenvalue weighted by molar-refractivity contribution is -0.146. The summed E-state index contributed by atoms with van der Waals surface area (Å²) in [5.41, 5.74) is 3.59. The average Bonchev–Trinajstić information content (AvgIpc) is 3.13. The van der Waals surface area contributed by atoms with Gasteiger partial charge in [0.05, 0.1) is 24.1 Å². The molecular weight excluding hydrogens is 352 g/mol. The van der Waals surface area contributed by atoms with E-state index in [1.54, 1.807) is 11.0 Å². The molecule has 1 aliphatic carbocycles. The van der Waals surface area contributed by atoms with Gasteiger partial charge in [0.2, 0.25) is 0 Å². The second-order valence-corrected chi connectivity index (χ2v) is 7.48. The Labute approximate surface area is 157 Å². The fourth-order valence-corrected chi connectivity index (χ4v) is 4.33. The van der Waals surface area contributed by atoms with E-state index in [9.17, 15) is 9.59 Å². The van der Waals surface area contributed by atoms with E-state index in [1.165, 1.54) is 7.11 Å². The molecule has 0 radical (unpaired) electrons. The Kier molecular flexibility index (Phi) is 4.57. The number of nitrogens with zero attached hydrogens (tertiary/aromatic N) is 2. The highest BCUT2D eigenvalue weighted by molar-refractivity contribution is 6.31. The van der Waals surface area contributed by atoms with Crippen LogP contribution in [-0.4, -0.2) is 42.0 Å². The monoisotopic (exact) mass is 372 g/mol. The van der Waals surface area contributed by atoms with Gasteiger partial charge in [0.25, 0.3) is 5.91 Å². The highest BCUT2D eigenvalue weighted by Crippen LogP contribution is 2.33. The van der Waals surface area contributed by atoms with Crippen LogP contribution < -0.4 is 0 Å². The number of likely N-dealkylation sites (tertiary alicyclic amines) is 1. The molecule has 1 atom stereocenters. The van der Waals surface area contributed by atoms with Crippen LogP contribution in [0.1, 0.15) is 40.9 Å². The average molecular weight is 373 g/mol. The number of benzene rings is 1. The predicted octanol–water partition coefficient (Wildman–Crippen LogP) is 3.40. The molecule has 26 heavy (non-hydrogen) atoms. The van der Waals surface area contributed by atoms with Crippen molar-refractivity contribution in [2.45, 2.75) is 32.1 Å². The van der Waals surface area contributed by atoms with Gasteiger partial charge in [-0.2, -0.15) is 0 Å². The van der Waals surface area contributed by atoms with Crippen LogP contribution >= 0.6 is 11.6 Å². The van der Waals surface area contributed by atoms with Gasteiger partial charge in [0.15, 0.2) is 0 Å². The Morgan fingerprint density at radius 2 is 2.12 bits per heavy atom. The zero-order valence-corrected chi connectivity index (χ0v) is 15.5. The number of aromatic nitrogens is 1. The zero-order valence-electron chi connectivity index (χ0n) is 14.8. The SMILES string of the molecule is COC(=O)C1CCCN(C(=O)c2c3c(nc4ccc(Cl)cc24)CCC3)C1. The molecule has 2 aromatic rings. The van der Waals surface area contributed by atoms with Crippen molar-refractivity contribution in [3.63, 3.8) is 0 Å². The number of methoxy groups -OCH3 is 1. The van der Waals surface area contributed by atoms with Crippen molar-refractivity contribution >= 4 is 34.4 Å². The largest absolute Gasteiger partial charge is 0.469 e. The van der Waals surface area contributed by atoms with Gasteiger partial charge in [0.1, 0.15) is 0 Å². The van der Waals surface area contributed by atoms with Gasteiger partial charge >= 0.3 is 5.97 Å². The van der Waals surface area contributed by atoms with Crippen molar-refractivity contribution in [2.24, 2.45) is 5.92 Å². The Morgan fingerprint density at radius 3 is 2.92 bits per heavy atom. The molecule has 1 saturated heterocycles. The van der Waals surface area contributed by atoms with E-state index < -0.39 is 0 Å². The van der Waals surface area contributed by atoms with Crippen LogP contribution in [0.15, 0.2) is 18.2 Å². The number of hydrogen-bond donors (Lipinski definition) is 0. The number of piperidine rings is 1. The minimum absolute atomic E-state index is 0.0218. The fourth-order valence-electron chi connectivity index (χ4n) is 4.16. The first-order chi connectivity index (χ1) is 12.6. The van der Waals surface area contributed by atoms with Crippen molar-refractivity contribution in [3.8, 4) is 0 Å². The molecule has 2 heterocycles. The van der Waals surface area contributed by atoms with Crippen LogP contribution in [0.25, 0.3) is 10.9 Å². The Hall–Kier alpha value is -2.14. The number of fused-ring (bicyclic) bond motifs is 2. The number of amides is 1. The maximum Gasteiger partial charge on any atom is 0.310 e. The zero-order chi connectivity index (χ0) is 18.3. The van der Waals surface area contributed by atoms with Crippen molar-refractivity contribution in [3.05, 3.63) is 40.0 Å². The molecule has 0 saturated carbocycles. The summed E-state index contributed by atoms with van der Waals surface area (Å²) in [6.45, 7) is 1.07. The van der Waals surface area contributed by atoms with Crippen LogP contribution in [0.2, 0.25) is 5.02 Å². The number of halogens is 1. The third kappa shape index (κ3) is 2.94. The molecule has 1 unspecified atom stereocenters. The minimum atomic E-state index is -0.248. The van der Waals surface area contributed by atoms with E-state index in [2.05, 4.69) is 0 Å². The molecule has 0 spiro atoms. The number of rotatable bonds is 2. The second kappa shape index (κ2) is 6.88. The minimum Gasteiger partial charge on any atom is -0.469 e. The number of ether oxygens (including phenoxy) is 1. The summed E-state index contributed by atoms with van der Waals surface area (Å²) in [6.07, 6.45) is 4.34. The molecule has 1 fully saturated rings. The highest BCUT2D eigenvalue weighted by atomic mass is 35.5. The Bertz CT molecular complexity index is 896. The standard InChI is InChI=1S/C20H21ClN2O3/c1-26-20(25)12-4-3-9-23(11-12)19(24)18-14-5-2-6-16(14)22-17-8-7-13(21)10-15(17)18/h7-8,10,12H,2-6,9,11H2,1H3. The number of aryl methyl sites for hydroxylation is 1. The van der Waals surface area contributed by atoms with Gasteiger partial charge in [-0.05, 0) is 55.9 Å². The van der Waals surface area contributed by atoms with Crippen molar-refractivity contribution < 1.29 is 14.3 Å². The van der Waals surface area contributed by atoms with Gasteiger partial charge in [0, 0.05) is 29.2 Å². The molecule has 2 aliphatic rings. The summed E-state index contributed by atoms with van der Waals surface area (Å²) < 4.78 is 4.88. The van der Waals surface area contributed by atoms with Gasteiger partial charge < -0.3 is 9.64 Å². The normalized spacial score (nSPS) is 19.5. The highest BCUT2D eigenvalue weighted by Gasteiger charge is 2.32. The van der Waals surface area contributed by atoms with Crippen molar-refractivity contribution in [2.75, 3.05) is 20.2 Å². The quantitative estimate of drug-likeness (QED) is 0.758. The number of carbonyl (C=O) groups is 2. The molecule has 136 valence electrons. The maximum absolute atomic E-state index is 13.4. The molecule has 4 rings (SSSR count). The maximum atomic E-state index is 13.4. The topological polar surface area (TPSA) is 59.5 Å². The second-order valence-electron chi connectivity index (χ2n) is 7.04. The van der Waals surface area contributed by atoms with Crippen LogP contribution in [0.5, 0.6) is 0 Å². The van der Waals surface area contributed by atoms with Crippen molar-refractivity contribution in [1.82, 2.24) is 9.88 Å². The molecular formula is C20H21ClN2O3. The van der Waals surface area contributed by atoms with Crippen LogP contribution in [0.4, 0.5) is 0 Å². The first-order valence-electron chi connectivity index (χ1n) is 9.06. The summed E-state index contributed by atoms with van der Waals surface area (Å²) >= 11 is 6.20. The Morgan fingerprint density at radius 1 is 1.27 bits per heavy atom. The summed E-state index contributed by atoms with van der Waals surface area (Å²) in [5, 5.41) is 1.40. The predicted molar refractivity (Wildman–Crippen MR) is 99.4 cm³/mol. The summed E-state index contributed by atoms with van der Waals surface area (Å²) in [4.78, 5) is 31.9. The smallest absolute Gasteiger partial charge is 0.310 e. The molecule has 5 nitrogen and oxygen atoms in total. The van der Waals surface area contributed by atoms with E-state index in [4.69, 9.17) is 21.3 Å². The van der Waals surface area contributed by atoms with Crippen LogP contribution in [0.3, 0.4) is 0 Å². The van der Waals surface area contributed by atoms with Crippen molar-refractivity contribution in [1.29, 1.82) is 0 Å². The fraction of sp³-hybridized carbons (Fsp3) is 0.450. The summed E-state index contributed by atoms with van der Waals surface area (Å²) in [7, 11) is 1.40. The molecule has 1 aromatic heterocycles. The molecule has 1 aliphatic heterocycles. The van der Waals surface area contributed by atoms with Gasteiger partial charge in [-0.1, -0.05) is 11.6 Å². The lowest BCUT2D eigenvalue weighted by atomic mass is 9.95. The number of carbonyl (C=O) groups excluding carboxylic acids is 2. The van der Waals surface area contributed by atoms with Gasteiger partial charge in [-0.25, -0.2) is 0 Å². The van der Waals surface area contributed by atoms with E-state index in [0.717, 1.165) is 59.8 Å². The van der Waals surface area contributed by atoms with Gasteiger partial charge in [-0.15, -0.1) is 0 Å². The number of hydrogen-bond acceptors (Lipinski definition) is 4. The number of esters is 1. The lowest BCUT2D eigenvalue weighted by Crippen LogP contribution is -2.43. The van der Waals surface area contributed by atoms with E-state index in [-0.39, 0.29) is 17.8 Å². The molecule has 1 amide bonds. The lowest BCUT2D eigenvalue weighted by Gasteiger charge is -2.32. The van der Waals surface area contributed by atoms with Crippen LogP contribution in [-0.2, 0) is 22.4 Å².